The highest BCUT2D eigenvalue weighted by Gasteiger charge is 2.35. The fraction of sp³-hybridized carbons (Fsp3) is 0.750. The van der Waals surface area contributed by atoms with Gasteiger partial charge >= 0.3 is 12.1 Å². The molecule has 108 valence electrons. The Morgan fingerprint density at radius 2 is 2.00 bits per heavy atom. The largest absolute Gasteiger partial charge is 0.467 e. The van der Waals surface area contributed by atoms with Crippen LogP contribution in [0.5, 0.6) is 0 Å². The van der Waals surface area contributed by atoms with Gasteiger partial charge in [-0.25, -0.2) is 9.59 Å². The van der Waals surface area contributed by atoms with E-state index in [9.17, 15) is 14.4 Å². The van der Waals surface area contributed by atoms with E-state index >= 15 is 0 Å². The molecule has 0 bridgehead atoms. The molecule has 1 unspecified atom stereocenters. The van der Waals surface area contributed by atoms with E-state index in [0.717, 1.165) is 0 Å². The zero-order valence-corrected chi connectivity index (χ0v) is 11.5. The number of hydrogen-bond donors (Lipinski definition) is 1. The predicted molar refractivity (Wildman–Crippen MR) is 64.5 cm³/mol. The van der Waals surface area contributed by atoms with Gasteiger partial charge in [-0.3, -0.25) is 4.79 Å². The first kappa shape index (κ1) is 15.4. The van der Waals surface area contributed by atoms with E-state index in [1.165, 1.54) is 7.11 Å². The highest BCUT2D eigenvalue weighted by molar-refractivity contribution is 5.92. The zero-order chi connectivity index (χ0) is 14.6. The second-order valence-electron chi connectivity index (χ2n) is 5.21. The first-order valence-electron chi connectivity index (χ1n) is 5.94. The minimum absolute atomic E-state index is 0.0716. The van der Waals surface area contributed by atoms with Gasteiger partial charge in [0, 0.05) is 6.42 Å². The Morgan fingerprint density at radius 3 is 2.47 bits per heavy atom. The molecule has 1 aliphatic heterocycles. The maximum Gasteiger partial charge on any atom is 0.408 e. The monoisotopic (exact) mass is 273 g/mol. The summed E-state index contributed by atoms with van der Waals surface area (Å²) in [5.41, 5.74) is -0.642. The summed E-state index contributed by atoms with van der Waals surface area (Å²) >= 11 is 0. The van der Waals surface area contributed by atoms with Crippen molar-refractivity contribution in [2.24, 2.45) is 0 Å². The fourth-order valence-corrected chi connectivity index (χ4v) is 1.54. The number of esters is 1. The molecule has 0 saturated carbocycles. The highest BCUT2D eigenvalue weighted by atomic mass is 16.6. The van der Waals surface area contributed by atoms with E-state index in [2.05, 4.69) is 10.1 Å². The van der Waals surface area contributed by atoms with Crippen LogP contribution in [0.3, 0.4) is 0 Å². The lowest BCUT2D eigenvalue weighted by Gasteiger charge is -2.28. The van der Waals surface area contributed by atoms with Gasteiger partial charge in [0.05, 0.1) is 13.7 Å². The molecule has 1 amide bonds. The van der Waals surface area contributed by atoms with E-state index in [0.29, 0.717) is 0 Å². The van der Waals surface area contributed by atoms with E-state index in [-0.39, 0.29) is 18.8 Å². The van der Waals surface area contributed by atoms with Gasteiger partial charge in [-0.1, -0.05) is 0 Å². The number of nitrogens with one attached hydrogen (secondary N) is 1. The molecule has 1 rings (SSSR count). The normalized spacial score (nSPS) is 23.7. The number of carbonyl (C=O) groups excluding carboxylic acids is 3. The summed E-state index contributed by atoms with van der Waals surface area (Å²) in [5.74, 6) is -0.878. The van der Waals surface area contributed by atoms with Crippen molar-refractivity contribution >= 4 is 17.8 Å². The Morgan fingerprint density at radius 1 is 1.37 bits per heavy atom. The third-order valence-corrected chi connectivity index (χ3v) is 2.39. The second kappa shape index (κ2) is 6.01. The summed E-state index contributed by atoms with van der Waals surface area (Å²) in [6.45, 7) is 5.09. The topological polar surface area (TPSA) is 90.9 Å². The fourth-order valence-electron chi connectivity index (χ4n) is 1.54. The van der Waals surface area contributed by atoms with E-state index in [1.54, 1.807) is 20.8 Å². The number of rotatable bonds is 2. The molecular formula is C12H19NO6. The summed E-state index contributed by atoms with van der Waals surface area (Å²) in [6, 6.07) is -0.796. The highest BCUT2D eigenvalue weighted by Crippen LogP contribution is 2.13. The van der Waals surface area contributed by atoms with E-state index < -0.39 is 29.8 Å². The maximum absolute atomic E-state index is 11.8. The van der Waals surface area contributed by atoms with Crippen LogP contribution in [-0.4, -0.2) is 49.3 Å². The molecule has 1 fully saturated rings. The van der Waals surface area contributed by atoms with Gasteiger partial charge in [0.15, 0.2) is 11.9 Å². The Bertz CT molecular complexity index is 373. The summed E-state index contributed by atoms with van der Waals surface area (Å²) in [7, 11) is 1.22. The molecule has 0 aromatic heterocycles. The van der Waals surface area contributed by atoms with Crippen LogP contribution in [0.2, 0.25) is 0 Å². The molecule has 1 aliphatic rings. The van der Waals surface area contributed by atoms with Gasteiger partial charge < -0.3 is 19.5 Å². The number of alkyl carbamates (subject to hydrolysis) is 1. The molecular weight excluding hydrogens is 254 g/mol. The van der Waals surface area contributed by atoms with E-state index in [1.807, 2.05) is 0 Å². The van der Waals surface area contributed by atoms with Crippen LogP contribution in [-0.2, 0) is 23.8 Å². The van der Waals surface area contributed by atoms with Crippen LogP contribution in [0.25, 0.3) is 0 Å². The Kier molecular flexibility index (Phi) is 4.88. The molecule has 7 heteroatoms. The van der Waals surface area contributed by atoms with Gasteiger partial charge in [-0.15, -0.1) is 0 Å². The van der Waals surface area contributed by atoms with Crippen LogP contribution in [0.15, 0.2) is 0 Å². The van der Waals surface area contributed by atoms with Crippen LogP contribution in [0.4, 0.5) is 4.79 Å². The van der Waals surface area contributed by atoms with Crippen LogP contribution in [0, 0.1) is 0 Å². The number of ketones is 1. The van der Waals surface area contributed by atoms with Gasteiger partial charge in [0.25, 0.3) is 0 Å². The van der Waals surface area contributed by atoms with Crippen LogP contribution >= 0.6 is 0 Å². The number of amides is 1. The third-order valence-electron chi connectivity index (χ3n) is 2.39. The van der Waals surface area contributed by atoms with Crippen LogP contribution < -0.4 is 5.32 Å². The molecule has 0 spiro atoms. The van der Waals surface area contributed by atoms with Gasteiger partial charge in [-0.2, -0.15) is 0 Å². The van der Waals surface area contributed by atoms with Gasteiger partial charge in [0.1, 0.15) is 11.6 Å². The predicted octanol–water partition coefficient (Wildman–Crippen LogP) is 0.411. The average molecular weight is 273 g/mol. The van der Waals surface area contributed by atoms with Crippen molar-refractivity contribution in [2.45, 2.75) is 44.9 Å². The lowest BCUT2D eigenvalue weighted by molar-refractivity contribution is -0.161. The summed E-state index contributed by atoms with van der Waals surface area (Å²) < 4.78 is 14.7. The Labute approximate surface area is 111 Å². The van der Waals surface area contributed by atoms with E-state index in [4.69, 9.17) is 9.47 Å². The molecule has 1 heterocycles. The van der Waals surface area contributed by atoms with Gasteiger partial charge in [0.2, 0.25) is 0 Å². The van der Waals surface area contributed by atoms with Crippen molar-refractivity contribution < 1.29 is 28.6 Å². The van der Waals surface area contributed by atoms with Gasteiger partial charge in [-0.05, 0) is 20.8 Å². The number of hydrogen-bond acceptors (Lipinski definition) is 6. The van der Waals surface area contributed by atoms with Crippen molar-refractivity contribution in [1.29, 1.82) is 0 Å². The minimum atomic E-state index is -0.894. The first-order valence-corrected chi connectivity index (χ1v) is 5.94. The standard InChI is InChI=1S/C12H19NO6/c1-12(2,3)19-11(16)13-7-6-18-9(5-8(7)14)10(15)17-4/h7,9H,5-6H2,1-4H3,(H,13,16)/t7?,9-/m0/s1. The number of methoxy groups -OCH3 is 1. The number of ether oxygens (including phenoxy) is 3. The van der Waals surface area contributed by atoms with Crippen molar-refractivity contribution in [3.63, 3.8) is 0 Å². The number of carbonyl (C=O) groups is 3. The lowest BCUT2D eigenvalue weighted by Crippen LogP contribution is -2.51. The number of Topliss-reactive ketones (excluding diaryl/α,β-unsaturated/α-hetero) is 1. The van der Waals surface area contributed by atoms with Crippen molar-refractivity contribution in [3.8, 4) is 0 Å². The summed E-state index contributed by atoms with van der Waals surface area (Å²) in [6.07, 6.45) is -1.70. The zero-order valence-electron chi connectivity index (χ0n) is 11.5. The van der Waals surface area contributed by atoms with Crippen LogP contribution in [0.1, 0.15) is 27.2 Å². The molecule has 0 aromatic carbocycles. The molecule has 0 aromatic rings. The molecule has 1 N–H and O–H groups in total. The molecule has 2 atom stereocenters. The van der Waals surface area contributed by atoms with Crippen molar-refractivity contribution in [1.82, 2.24) is 5.32 Å². The Balaban J connectivity index is 2.48. The quantitative estimate of drug-likeness (QED) is 0.733. The Hall–Kier alpha value is -1.63. The van der Waals surface area contributed by atoms with Crippen molar-refractivity contribution in [2.75, 3.05) is 13.7 Å². The minimum Gasteiger partial charge on any atom is -0.467 e. The molecule has 1 saturated heterocycles. The average Bonchev–Trinajstić information content (AvgIpc) is 2.28. The molecule has 0 aliphatic carbocycles. The summed E-state index contributed by atoms with van der Waals surface area (Å²) in [4.78, 5) is 34.5. The maximum atomic E-state index is 11.8. The second-order valence-corrected chi connectivity index (χ2v) is 5.21. The smallest absolute Gasteiger partial charge is 0.408 e. The molecule has 7 nitrogen and oxygen atoms in total. The third kappa shape index (κ3) is 4.86. The molecule has 0 radical (unpaired) electrons. The summed E-state index contributed by atoms with van der Waals surface area (Å²) in [5, 5.41) is 2.41. The lowest BCUT2D eigenvalue weighted by atomic mass is 10.0. The molecule has 19 heavy (non-hydrogen) atoms. The first-order chi connectivity index (χ1) is 8.73. The SMILES string of the molecule is COC(=O)[C@@H]1CC(=O)C(NC(=O)OC(C)(C)C)CO1. The van der Waals surface area contributed by atoms with Crippen molar-refractivity contribution in [3.05, 3.63) is 0 Å².